The number of carbonyl (C=O) groups excluding carboxylic acids is 1. The molecular weight excluding hydrogens is 438 g/mol. The van der Waals surface area contributed by atoms with Gasteiger partial charge in [0, 0.05) is 29.3 Å². The van der Waals surface area contributed by atoms with Crippen LogP contribution in [0.15, 0.2) is 66.9 Å². The predicted octanol–water partition coefficient (Wildman–Crippen LogP) is 4.61. The number of carbonyl (C=O) groups is 1. The smallest absolute Gasteiger partial charge is 0.273 e. The van der Waals surface area contributed by atoms with Crippen molar-refractivity contribution in [1.82, 2.24) is 20.3 Å². The van der Waals surface area contributed by atoms with Crippen molar-refractivity contribution in [2.45, 2.75) is 38.2 Å². The summed E-state index contributed by atoms with van der Waals surface area (Å²) in [5.74, 6) is 0.105. The Morgan fingerprint density at radius 1 is 0.943 bits per heavy atom. The zero-order chi connectivity index (χ0) is 24.2. The van der Waals surface area contributed by atoms with Gasteiger partial charge in [-0.15, -0.1) is 0 Å². The summed E-state index contributed by atoms with van der Waals surface area (Å²) >= 11 is 0. The van der Waals surface area contributed by atoms with E-state index < -0.39 is 0 Å². The van der Waals surface area contributed by atoms with E-state index in [2.05, 4.69) is 15.3 Å². The van der Waals surface area contributed by atoms with E-state index in [0.717, 1.165) is 54.1 Å². The molecule has 5 rings (SSSR count). The number of amides is 1. The fraction of sp³-hybridized carbons (Fsp3) is 0.286. The Morgan fingerprint density at radius 3 is 2.63 bits per heavy atom. The Balaban J connectivity index is 1.49. The number of nitrogens with zero attached hydrogens (tertiary/aromatic N) is 3. The number of benzene rings is 2. The zero-order valence-electron chi connectivity index (χ0n) is 19.5. The summed E-state index contributed by atoms with van der Waals surface area (Å²) in [4.78, 5) is 27.0. The van der Waals surface area contributed by atoms with Crippen LogP contribution >= 0.6 is 0 Å². The third-order valence-electron chi connectivity index (χ3n) is 6.67. The molecular formula is C28H29N5O2. The van der Waals surface area contributed by atoms with Crippen LogP contribution in [-0.4, -0.2) is 38.6 Å². The van der Waals surface area contributed by atoms with Gasteiger partial charge in [0.2, 0.25) is 0 Å². The van der Waals surface area contributed by atoms with Gasteiger partial charge in [-0.3, -0.25) is 9.78 Å². The van der Waals surface area contributed by atoms with Crippen molar-refractivity contribution in [1.29, 1.82) is 0 Å². The van der Waals surface area contributed by atoms with Crippen molar-refractivity contribution >= 4 is 22.6 Å². The maximum Gasteiger partial charge on any atom is 0.273 e. The summed E-state index contributed by atoms with van der Waals surface area (Å²) in [5.41, 5.74) is 10.2. The van der Waals surface area contributed by atoms with Crippen LogP contribution in [0, 0.1) is 5.92 Å². The third-order valence-corrected chi connectivity index (χ3v) is 6.67. The Morgan fingerprint density at radius 2 is 1.77 bits per heavy atom. The van der Waals surface area contributed by atoms with Crippen molar-refractivity contribution in [2.24, 2.45) is 5.92 Å². The third kappa shape index (κ3) is 5.15. The van der Waals surface area contributed by atoms with Crippen molar-refractivity contribution in [3.05, 3.63) is 72.6 Å². The van der Waals surface area contributed by atoms with Crippen molar-refractivity contribution < 1.29 is 9.90 Å². The quantitative estimate of drug-likeness (QED) is 0.369. The van der Waals surface area contributed by atoms with Crippen LogP contribution in [0.25, 0.3) is 33.4 Å². The van der Waals surface area contributed by atoms with Gasteiger partial charge in [-0.2, -0.15) is 0 Å². The summed E-state index contributed by atoms with van der Waals surface area (Å²) in [7, 11) is 0. The Kier molecular flexibility index (Phi) is 6.68. The summed E-state index contributed by atoms with van der Waals surface area (Å²) in [6.45, 7) is 0.532. The second-order valence-electron chi connectivity index (χ2n) is 9.17. The molecule has 0 spiro atoms. The molecule has 0 aliphatic heterocycles. The number of nitrogens with one attached hydrogen (secondary N) is 1. The number of hydrogen-bond donors (Lipinski definition) is 3. The molecule has 2 heterocycles. The van der Waals surface area contributed by atoms with Gasteiger partial charge in [-0.25, -0.2) is 9.97 Å². The van der Waals surface area contributed by atoms with Gasteiger partial charge in [0.05, 0.1) is 23.0 Å². The number of pyridine rings is 1. The molecule has 2 aromatic heterocycles. The predicted molar refractivity (Wildman–Crippen MR) is 138 cm³/mol. The first-order valence-corrected chi connectivity index (χ1v) is 12.1. The molecule has 4 N–H and O–H groups in total. The van der Waals surface area contributed by atoms with E-state index in [4.69, 9.17) is 10.7 Å². The van der Waals surface area contributed by atoms with Crippen LogP contribution in [0.1, 0.15) is 42.6 Å². The van der Waals surface area contributed by atoms with E-state index in [1.54, 1.807) is 6.20 Å². The second-order valence-corrected chi connectivity index (χ2v) is 9.17. The van der Waals surface area contributed by atoms with Gasteiger partial charge in [0.1, 0.15) is 0 Å². The zero-order valence-corrected chi connectivity index (χ0v) is 19.5. The molecule has 7 heteroatoms. The standard InChI is InChI=1S/C28H29N5O2/c29-27-26(28(35)31-17-18-6-4-10-22(34)13-11-18)32-25(24(33-27)19-7-2-1-3-8-19)21-12-14-23-20(16-21)9-5-15-30-23/h1-3,5,7-9,12,14-16,18,22,34H,4,6,10-11,13,17H2,(H2,29,33)(H,31,35). The van der Waals surface area contributed by atoms with E-state index in [1.165, 1.54) is 0 Å². The first kappa shape index (κ1) is 22.9. The van der Waals surface area contributed by atoms with E-state index >= 15 is 0 Å². The van der Waals surface area contributed by atoms with Crippen LogP contribution in [0.3, 0.4) is 0 Å². The lowest BCUT2D eigenvalue weighted by Crippen LogP contribution is -2.31. The molecule has 178 valence electrons. The Hall–Kier alpha value is -3.84. The summed E-state index contributed by atoms with van der Waals surface area (Å²) in [6.07, 6.45) is 5.98. The lowest BCUT2D eigenvalue weighted by molar-refractivity contribution is 0.0941. The monoisotopic (exact) mass is 467 g/mol. The number of aromatic nitrogens is 3. The van der Waals surface area contributed by atoms with Gasteiger partial charge < -0.3 is 16.2 Å². The average Bonchev–Trinajstić information content (AvgIpc) is 3.11. The molecule has 0 radical (unpaired) electrons. The molecule has 1 aliphatic carbocycles. The number of aliphatic hydroxyl groups excluding tert-OH is 1. The van der Waals surface area contributed by atoms with Crippen molar-refractivity contribution in [2.75, 3.05) is 12.3 Å². The normalized spacial score (nSPS) is 18.2. The average molecular weight is 468 g/mol. The largest absolute Gasteiger partial charge is 0.393 e. The molecule has 2 unspecified atom stereocenters. The number of nitrogens with two attached hydrogens (primary N) is 1. The number of nitrogen functional groups attached to an aromatic ring is 1. The van der Waals surface area contributed by atoms with Gasteiger partial charge in [0.25, 0.3) is 5.91 Å². The minimum Gasteiger partial charge on any atom is -0.393 e. The molecule has 2 atom stereocenters. The first-order valence-electron chi connectivity index (χ1n) is 12.1. The molecule has 1 saturated carbocycles. The minimum absolute atomic E-state index is 0.101. The fourth-order valence-corrected chi connectivity index (χ4v) is 4.72. The number of aliphatic hydroxyl groups is 1. The second kappa shape index (κ2) is 10.2. The van der Waals surface area contributed by atoms with Crippen LogP contribution in [0.4, 0.5) is 5.82 Å². The van der Waals surface area contributed by atoms with Gasteiger partial charge in [0.15, 0.2) is 11.5 Å². The number of anilines is 1. The number of hydrogen-bond acceptors (Lipinski definition) is 6. The molecule has 35 heavy (non-hydrogen) atoms. The maximum atomic E-state index is 13.1. The highest BCUT2D eigenvalue weighted by Gasteiger charge is 2.22. The molecule has 1 aliphatic rings. The summed E-state index contributed by atoms with van der Waals surface area (Å²) < 4.78 is 0. The van der Waals surface area contributed by atoms with Crippen LogP contribution in [-0.2, 0) is 0 Å². The molecule has 0 bridgehead atoms. The van der Waals surface area contributed by atoms with Crippen molar-refractivity contribution in [3.63, 3.8) is 0 Å². The summed E-state index contributed by atoms with van der Waals surface area (Å²) in [6, 6.07) is 19.5. The molecule has 1 amide bonds. The highest BCUT2D eigenvalue weighted by atomic mass is 16.3. The Labute approximate surface area is 204 Å². The van der Waals surface area contributed by atoms with E-state index in [9.17, 15) is 9.90 Å². The molecule has 1 fully saturated rings. The van der Waals surface area contributed by atoms with E-state index in [0.29, 0.717) is 23.9 Å². The summed E-state index contributed by atoms with van der Waals surface area (Å²) in [5, 5.41) is 13.9. The Bertz CT molecular complexity index is 1340. The van der Waals surface area contributed by atoms with Crippen LogP contribution in [0.2, 0.25) is 0 Å². The number of rotatable bonds is 5. The highest BCUT2D eigenvalue weighted by Crippen LogP contribution is 2.32. The highest BCUT2D eigenvalue weighted by molar-refractivity contribution is 5.98. The van der Waals surface area contributed by atoms with Crippen LogP contribution in [0.5, 0.6) is 0 Å². The molecule has 4 aromatic rings. The topological polar surface area (TPSA) is 114 Å². The number of fused-ring (bicyclic) bond motifs is 1. The van der Waals surface area contributed by atoms with E-state index in [1.807, 2.05) is 60.7 Å². The van der Waals surface area contributed by atoms with Gasteiger partial charge >= 0.3 is 0 Å². The molecule has 0 saturated heterocycles. The first-order chi connectivity index (χ1) is 17.1. The lowest BCUT2D eigenvalue weighted by Gasteiger charge is -2.16. The van der Waals surface area contributed by atoms with E-state index in [-0.39, 0.29) is 23.5 Å². The molecule has 7 nitrogen and oxygen atoms in total. The maximum absolute atomic E-state index is 13.1. The molecule has 2 aromatic carbocycles. The van der Waals surface area contributed by atoms with Gasteiger partial charge in [-0.05, 0) is 49.8 Å². The minimum atomic E-state index is -0.330. The van der Waals surface area contributed by atoms with Crippen LogP contribution < -0.4 is 11.1 Å². The van der Waals surface area contributed by atoms with Gasteiger partial charge in [-0.1, -0.05) is 48.9 Å². The van der Waals surface area contributed by atoms with Crippen molar-refractivity contribution in [3.8, 4) is 22.5 Å². The lowest BCUT2D eigenvalue weighted by atomic mass is 10.0. The fourth-order valence-electron chi connectivity index (χ4n) is 4.72. The SMILES string of the molecule is Nc1nc(-c2ccccc2)c(-c2ccc3ncccc3c2)nc1C(=O)NCC1CCCC(O)CC1.